The maximum atomic E-state index is 8.43. The molecule has 0 aliphatic rings. The third kappa shape index (κ3) is 3.32. The molecule has 0 spiro atoms. The second-order valence-corrected chi connectivity index (χ2v) is 3.28. The van der Waals surface area contributed by atoms with Gasteiger partial charge in [-0.15, -0.1) is 0 Å². The topological polar surface area (TPSA) is 74.5 Å². The molecular weight excluding hydrogens is 225 g/mol. The molecule has 0 bridgehead atoms. The number of hydrogen-bond acceptors (Lipinski definition) is 5. The zero-order chi connectivity index (χ0) is 10.6. The summed E-state index contributed by atoms with van der Waals surface area (Å²) in [4.78, 5) is 11.2. The summed E-state index contributed by atoms with van der Waals surface area (Å²) in [7, 11) is 0. The van der Waals surface area contributed by atoms with Crippen LogP contribution in [0.1, 0.15) is 13.3 Å². The predicted octanol–water partition coefficient (Wildman–Crippen LogP) is 1.89. The van der Waals surface area contributed by atoms with E-state index in [1.807, 2.05) is 13.0 Å². The van der Waals surface area contributed by atoms with Crippen molar-refractivity contribution in [3.05, 3.63) is 10.6 Å². The molecule has 74 valence electrons. The van der Waals surface area contributed by atoms with Crippen molar-refractivity contribution >= 4 is 29.2 Å². The fourth-order valence-electron chi connectivity index (χ4n) is 0.799. The summed E-state index contributed by atoms with van der Waals surface area (Å²) in [6.45, 7) is 1.83. The van der Waals surface area contributed by atoms with Crippen LogP contribution in [0.25, 0.3) is 0 Å². The molecule has 0 amide bonds. The van der Waals surface area contributed by atoms with Crippen LogP contribution in [0.3, 0.4) is 0 Å². The molecular formula is C7H7Cl2N5. The highest BCUT2D eigenvalue weighted by Gasteiger charge is 2.06. The van der Waals surface area contributed by atoms with E-state index in [2.05, 4.69) is 20.3 Å². The molecule has 1 aromatic heterocycles. The van der Waals surface area contributed by atoms with Crippen molar-refractivity contribution < 1.29 is 0 Å². The Hall–Kier alpha value is -1.12. The van der Waals surface area contributed by atoms with Crippen LogP contribution in [0.4, 0.5) is 5.95 Å². The van der Waals surface area contributed by atoms with Crippen LogP contribution in [0.15, 0.2) is 0 Å². The number of halogens is 2. The molecule has 0 aliphatic heterocycles. The smallest absolute Gasteiger partial charge is 0.228 e. The SMILES string of the molecule is CC(CC#N)Nc1nc(Cl)nc(Cl)n1. The summed E-state index contributed by atoms with van der Waals surface area (Å²) in [5, 5.41) is 11.3. The van der Waals surface area contributed by atoms with Crippen LogP contribution < -0.4 is 5.32 Å². The normalized spacial score (nSPS) is 11.9. The first-order chi connectivity index (χ1) is 6.61. The Morgan fingerprint density at radius 3 is 2.43 bits per heavy atom. The number of nitrogens with zero attached hydrogens (tertiary/aromatic N) is 4. The Labute approximate surface area is 91.1 Å². The average molecular weight is 232 g/mol. The molecule has 1 atom stereocenters. The third-order valence-corrected chi connectivity index (χ3v) is 1.69. The standard InChI is InChI=1S/C7H7Cl2N5/c1-4(2-3-10)11-7-13-5(8)12-6(9)14-7/h4H,2H2,1H3,(H,11,12,13,14). The van der Waals surface area contributed by atoms with E-state index in [9.17, 15) is 0 Å². The maximum absolute atomic E-state index is 8.43. The summed E-state index contributed by atoms with van der Waals surface area (Å²) in [5.41, 5.74) is 0. The van der Waals surface area contributed by atoms with Crippen molar-refractivity contribution in [2.75, 3.05) is 5.32 Å². The Kier molecular flexibility index (Phi) is 3.86. The highest BCUT2D eigenvalue weighted by atomic mass is 35.5. The molecule has 14 heavy (non-hydrogen) atoms. The van der Waals surface area contributed by atoms with Crippen molar-refractivity contribution in [3.8, 4) is 6.07 Å². The molecule has 5 nitrogen and oxygen atoms in total. The predicted molar refractivity (Wildman–Crippen MR) is 53.2 cm³/mol. The first kappa shape index (κ1) is 11.0. The molecule has 1 N–H and O–H groups in total. The van der Waals surface area contributed by atoms with E-state index < -0.39 is 0 Å². The fourth-order valence-corrected chi connectivity index (χ4v) is 1.16. The molecule has 0 radical (unpaired) electrons. The second kappa shape index (κ2) is 4.94. The number of anilines is 1. The van der Waals surface area contributed by atoms with E-state index in [1.54, 1.807) is 0 Å². The van der Waals surface area contributed by atoms with Gasteiger partial charge in [-0.1, -0.05) is 0 Å². The van der Waals surface area contributed by atoms with Crippen LogP contribution in [-0.4, -0.2) is 21.0 Å². The largest absolute Gasteiger partial charge is 0.351 e. The fraction of sp³-hybridized carbons (Fsp3) is 0.429. The second-order valence-electron chi connectivity index (χ2n) is 2.60. The maximum Gasteiger partial charge on any atom is 0.228 e. The lowest BCUT2D eigenvalue weighted by atomic mass is 10.3. The zero-order valence-electron chi connectivity index (χ0n) is 7.33. The molecule has 0 saturated heterocycles. The quantitative estimate of drug-likeness (QED) is 0.861. The first-order valence-corrected chi connectivity index (χ1v) is 4.58. The van der Waals surface area contributed by atoms with Crippen molar-refractivity contribution in [1.82, 2.24) is 15.0 Å². The zero-order valence-corrected chi connectivity index (χ0v) is 8.84. The van der Waals surface area contributed by atoms with Gasteiger partial charge in [0.1, 0.15) is 0 Å². The minimum absolute atomic E-state index is 0.0247. The van der Waals surface area contributed by atoms with Crippen LogP contribution in [0.5, 0.6) is 0 Å². The Morgan fingerprint density at radius 2 is 1.93 bits per heavy atom. The van der Waals surface area contributed by atoms with Gasteiger partial charge in [0.05, 0.1) is 12.5 Å². The van der Waals surface area contributed by atoms with Gasteiger partial charge < -0.3 is 5.32 Å². The summed E-state index contributed by atoms with van der Waals surface area (Å²) in [6, 6.07) is 1.96. The van der Waals surface area contributed by atoms with Crippen molar-refractivity contribution in [2.24, 2.45) is 0 Å². The lowest BCUT2D eigenvalue weighted by molar-refractivity contribution is 0.801. The number of nitriles is 1. The summed E-state index contributed by atoms with van der Waals surface area (Å²) >= 11 is 11.1. The minimum Gasteiger partial charge on any atom is -0.351 e. The van der Waals surface area contributed by atoms with E-state index in [-0.39, 0.29) is 22.6 Å². The van der Waals surface area contributed by atoms with Crippen LogP contribution in [-0.2, 0) is 0 Å². The Morgan fingerprint density at radius 1 is 1.36 bits per heavy atom. The molecule has 0 saturated carbocycles. The van der Waals surface area contributed by atoms with Gasteiger partial charge in [0.2, 0.25) is 16.5 Å². The molecule has 0 fully saturated rings. The van der Waals surface area contributed by atoms with Gasteiger partial charge in [0.25, 0.3) is 0 Å². The number of aromatic nitrogens is 3. The average Bonchev–Trinajstić information content (AvgIpc) is 2.01. The minimum atomic E-state index is -0.0606. The van der Waals surface area contributed by atoms with Gasteiger partial charge >= 0.3 is 0 Å². The summed E-state index contributed by atoms with van der Waals surface area (Å²) in [6.07, 6.45) is 0.348. The van der Waals surface area contributed by atoms with Gasteiger partial charge in [0.15, 0.2) is 0 Å². The monoisotopic (exact) mass is 231 g/mol. The van der Waals surface area contributed by atoms with Crippen molar-refractivity contribution in [3.63, 3.8) is 0 Å². The Balaban J connectivity index is 2.72. The molecule has 1 rings (SSSR count). The number of nitrogens with one attached hydrogen (secondary N) is 1. The molecule has 0 aliphatic carbocycles. The van der Waals surface area contributed by atoms with E-state index in [0.29, 0.717) is 6.42 Å². The molecule has 1 unspecified atom stereocenters. The Bertz CT molecular complexity index is 341. The third-order valence-electron chi connectivity index (χ3n) is 1.35. The van der Waals surface area contributed by atoms with Crippen molar-refractivity contribution in [1.29, 1.82) is 5.26 Å². The van der Waals surface area contributed by atoms with E-state index in [1.165, 1.54) is 0 Å². The van der Waals surface area contributed by atoms with Crippen LogP contribution in [0, 0.1) is 11.3 Å². The van der Waals surface area contributed by atoms with E-state index in [4.69, 9.17) is 28.5 Å². The number of rotatable bonds is 3. The first-order valence-electron chi connectivity index (χ1n) is 3.82. The number of hydrogen-bond donors (Lipinski definition) is 1. The van der Waals surface area contributed by atoms with Crippen molar-refractivity contribution in [2.45, 2.75) is 19.4 Å². The lowest BCUT2D eigenvalue weighted by Gasteiger charge is -2.09. The van der Waals surface area contributed by atoms with Gasteiger partial charge in [-0.2, -0.15) is 20.2 Å². The highest BCUT2D eigenvalue weighted by molar-refractivity contribution is 6.31. The summed E-state index contributed by atoms with van der Waals surface area (Å²) < 4.78 is 0. The molecule has 1 heterocycles. The molecule has 7 heteroatoms. The van der Waals surface area contributed by atoms with Gasteiger partial charge in [-0.25, -0.2) is 0 Å². The van der Waals surface area contributed by atoms with Gasteiger partial charge in [-0.05, 0) is 30.1 Å². The molecule has 1 aromatic rings. The van der Waals surface area contributed by atoms with Crippen LogP contribution in [0.2, 0.25) is 10.6 Å². The van der Waals surface area contributed by atoms with Crippen LogP contribution >= 0.6 is 23.2 Å². The molecule has 0 aromatic carbocycles. The van der Waals surface area contributed by atoms with E-state index in [0.717, 1.165) is 0 Å². The summed E-state index contributed by atoms with van der Waals surface area (Å²) in [5.74, 6) is 0.276. The lowest BCUT2D eigenvalue weighted by Crippen LogP contribution is -2.16. The van der Waals surface area contributed by atoms with Gasteiger partial charge in [-0.3, -0.25) is 0 Å². The van der Waals surface area contributed by atoms with E-state index >= 15 is 0 Å². The van der Waals surface area contributed by atoms with Gasteiger partial charge in [0, 0.05) is 6.04 Å². The highest BCUT2D eigenvalue weighted by Crippen LogP contribution is 2.10.